The van der Waals surface area contributed by atoms with Gasteiger partial charge < -0.3 is 5.11 Å². The number of phenols is 1. The summed E-state index contributed by atoms with van der Waals surface area (Å²) in [6, 6.07) is 9.56. The molecule has 0 atom stereocenters. The fourth-order valence-electron chi connectivity index (χ4n) is 1.98. The minimum absolute atomic E-state index is 0.0431. The van der Waals surface area contributed by atoms with Gasteiger partial charge in [0, 0.05) is 5.56 Å². The molecule has 7 heteroatoms. The predicted octanol–water partition coefficient (Wildman–Crippen LogP) is 3.76. The fraction of sp³-hybridized carbons (Fsp3) is 0. The van der Waals surface area contributed by atoms with E-state index in [2.05, 4.69) is 0 Å². The Morgan fingerprint density at radius 2 is 1.76 bits per heavy atom. The number of phenolic OH excluding ortho intramolecular Hbond substituents is 1. The fourth-order valence-corrected chi connectivity index (χ4v) is 3.33. The van der Waals surface area contributed by atoms with Crippen molar-refractivity contribution < 1.29 is 9.90 Å². The van der Waals surface area contributed by atoms with Crippen molar-refractivity contribution in [1.82, 2.24) is 4.57 Å². The monoisotopic (exact) mass is 339 g/mol. The Balaban J connectivity index is 2.22. The van der Waals surface area contributed by atoms with E-state index in [0.717, 1.165) is 15.9 Å². The summed E-state index contributed by atoms with van der Waals surface area (Å²) in [7, 11) is 0. The lowest BCUT2D eigenvalue weighted by molar-refractivity contribution is 0.0962. The molecule has 0 amide bonds. The average Bonchev–Trinajstić information content (AvgIpc) is 2.79. The topological polar surface area (TPSA) is 59.3 Å². The van der Waals surface area contributed by atoms with Gasteiger partial charge >= 0.3 is 4.87 Å². The van der Waals surface area contributed by atoms with Crippen LogP contribution in [0.1, 0.15) is 10.4 Å². The highest BCUT2D eigenvalue weighted by atomic mass is 35.5. The van der Waals surface area contributed by atoms with Gasteiger partial charge in [-0.25, -0.2) is 4.57 Å². The first-order valence-corrected chi connectivity index (χ1v) is 7.39. The molecule has 0 fully saturated rings. The van der Waals surface area contributed by atoms with E-state index < -0.39 is 5.91 Å². The van der Waals surface area contributed by atoms with Gasteiger partial charge in [0.05, 0.1) is 20.3 Å². The number of hydrogen-bond acceptors (Lipinski definition) is 4. The van der Waals surface area contributed by atoms with Crippen LogP contribution >= 0.6 is 34.5 Å². The first kappa shape index (κ1) is 14.1. The number of halogens is 2. The largest absolute Gasteiger partial charge is 0.505 e. The van der Waals surface area contributed by atoms with Crippen molar-refractivity contribution in [2.75, 3.05) is 0 Å². The van der Waals surface area contributed by atoms with Crippen molar-refractivity contribution in [1.29, 1.82) is 0 Å². The molecule has 0 aliphatic heterocycles. The number of hydrogen-bond donors (Lipinski definition) is 1. The Morgan fingerprint density at radius 3 is 2.43 bits per heavy atom. The molecule has 0 aliphatic rings. The highest BCUT2D eigenvalue weighted by Gasteiger charge is 2.18. The lowest BCUT2D eigenvalue weighted by Gasteiger charge is -2.06. The van der Waals surface area contributed by atoms with Crippen molar-refractivity contribution in [3.63, 3.8) is 0 Å². The summed E-state index contributed by atoms with van der Waals surface area (Å²) in [5.74, 6) is -0.835. The van der Waals surface area contributed by atoms with E-state index in [9.17, 15) is 14.7 Å². The highest BCUT2D eigenvalue weighted by Crippen LogP contribution is 2.33. The summed E-state index contributed by atoms with van der Waals surface area (Å²) >= 11 is 12.6. The second-order valence-corrected chi connectivity index (χ2v) is 6.07. The third kappa shape index (κ3) is 2.33. The Hall–Kier alpha value is -1.82. The number of aromatic nitrogens is 1. The number of carbonyl (C=O) groups excluding carboxylic acids is 1. The molecule has 3 rings (SSSR count). The maximum atomic E-state index is 12.5. The van der Waals surface area contributed by atoms with Crippen LogP contribution in [0.15, 0.2) is 41.2 Å². The molecule has 0 unspecified atom stereocenters. The van der Waals surface area contributed by atoms with Crippen molar-refractivity contribution in [3.05, 3.63) is 61.7 Å². The molecule has 1 heterocycles. The standard InChI is InChI=1S/C14H7Cl2NO3S/c15-8-5-7(6-9(16)12(8)18)13(19)17-10-3-1-2-4-11(10)21-14(17)20/h1-6,18H. The van der Waals surface area contributed by atoms with Crippen molar-refractivity contribution >= 4 is 50.7 Å². The van der Waals surface area contributed by atoms with Crippen molar-refractivity contribution in [2.45, 2.75) is 0 Å². The number of fused-ring (bicyclic) bond motifs is 1. The molecular weight excluding hydrogens is 333 g/mol. The molecule has 3 aromatic rings. The minimum Gasteiger partial charge on any atom is -0.505 e. The van der Waals surface area contributed by atoms with Gasteiger partial charge in [-0.15, -0.1) is 0 Å². The van der Waals surface area contributed by atoms with Crippen LogP contribution in [0.5, 0.6) is 5.75 Å². The summed E-state index contributed by atoms with van der Waals surface area (Å²) in [4.78, 5) is 24.2. The number of thiazole rings is 1. The van der Waals surface area contributed by atoms with Crippen LogP contribution in [0.2, 0.25) is 10.0 Å². The summed E-state index contributed by atoms with van der Waals surface area (Å²) < 4.78 is 1.78. The molecule has 0 radical (unpaired) electrons. The van der Waals surface area contributed by atoms with Crippen molar-refractivity contribution in [2.24, 2.45) is 0 Å². The zero-order valence-electron chi connectivity index (χ0n) is 10.3. The Morgan fingerprint density at radius 1 is 1.14 bits per heavy atom. The van der Waals surface area contributed by atoms with Crippen LogP contribution in [-0.2, 0) is 0 Å². The zero-order valence-corrected chi connectivity index (χ0v) is 12.7. The molecule has 0 saturated heterocycles. The third-order valence-corrected chi connectivity index (χ3v) is 4.45. The number of nitrogens with zero attached hydrogens (tertiary/aromatic N) is 1. The summed E-state index contributed by atoms with van der Waals surface area (Å²) in [6.45, 7) is 0. The second-order valence-electron chi connectivity index (χ2n) is 4.26. The van der Waals surface area contributed by atoms with Gasteiger partial charge in [0.15, 0.2) is 5.75 Å². The smallest absolute Gasteiger partial charge is 0.315 e. The van der Waals surface area contributed by atoms with Gasteiger partial charge in [0.25, 0.3) is 5.91 Å². The van der Waals surface area contributed by atoms with Crippen LogP contribution in [0.25, 0.3) is 10.2 Å². The summed E-state index contributed by atoms with van der Waals surface area (Å²) in [5.41, 5.74) is 0.659. The van der Waals surface area contributed by atoms with E-state index in [4.69, 9.17) is 23.2 Å². The molecule has 2 aromatic carbocycles. The van der Waals surface area contributed by atoms with Gasteiger partial charge in [0.1, 0.15) is 0 Å². The van der Waals surface area contributed by atoms with Crippen LogP contribution < -0.4 is 4.87 Å². The Bertz CT molecular complexity index is 906. The van der Waals surface area contributed by atoms with Gasteiger partial charge in [-0.2, -0.15) is 0 Å². The van der Waals surface area contributed by atoms with Gasteiger partial charge in [-0.3, -0.25) is 9.59 Å². The molecular formula is C14H7Cl2NO3S. The number of benzene rings is 2. The summed E-state index contributed by atoms with van der Waals surface area (Å²) in [5, 5.41) is 9.44. The lowest BCUT2D eigenvalue weighted by atomic mass is 10.2. The first-order chi connectivity index (χ1) is 9.99. The first-order valence-electron chi connectivity index (χ1n) is 5.82. The molecule has 106 valence electrons. The van der Waals surface area contributed by atoms with Gasteiger partial charge in [0.2, 0.25) is 0 Å². The lowest BCUT2D eigenvalue weighted by Crippen LogP contribution is -2.22. The molecule has 21 heavy (non-hydrogen) atoms. The van der Waals surface area contributed by atoms with E-state index in [-0.39, 0.29) is 26.2 Å². The van der Waals surface area contributed by atoms with Gasteiger partial charge in [-0.05, 0) is 24.3 Å². The quantitative estimate of drug-likeness (QED) is 0.734. The van der Waals surface area contributed by atoms with E-state index in [0.29, 0.717) is 10.2 Å². The summed E-state index contributed by atoms with van der Waals surface area (Å²) in [6.07, 6.45) is 0. The molecule has 0 spiro atoms. The molecule has 0 bridgehead atoms. The normalized spacial score (nSPS) is 11.0. The van der Waals surface area contributed by atoms with E-state index in [1.54, 1.807) is 24.3 Å². The van der Waals surface area contributed by atoms with Crippen LogP contribution in [0.4, 0.5) is 0 Å². The predicted molar refractivity (Wildman–Crippen MR) is 83.9 cm³/mol. The van der Waals surface area contributed by atoms with E-state index >= 15 is 0 Å². The minimum atomic E-state index is -0.541. The highest BCUT2D eigenvalue weighted by molar-refractivity contribution is 7.16. The van der Waals surface area contributed by atoms with Crippen LogP contribution in [0.3, 0.4) is 0 Å². The molecule has 1 N–H and O–H groups in total. The molecule has 0 saturated carbocycles. The maximum absolute atomic E-state index is 12.5. The maximum Gasteiger partial charge on any atom is 0.315 e. The van der Waals surface area contributed by atoms with Crippen molar-refractivity contribution in [3.8, 4) is 5.75 Å². The molecule has 4 nitrogen and oxygen atoms in total. The van der Waals surface area contributed by atoms with E-state index in [1.807, 2.05) is 0 Å². The van der Waals surface area contributed by atoms with Crippen LogP contribution in [-0.4, -0.2) is 15.6 Å². The number of aromatic hydroxyl groups is 1. The molecule has 0 aliphatic carbocycles. The third-order valence-electron chi connectivity index (χ3n) is 2.95. The SMILES string of the molecule is O=C(c1cc(Cl)c(O)c(Cl)c1)n1c(=O)sc2ccccc21. The second kappa shape index (κ2) is 5.18. The Kier molecular flexibility index (Phi) is 3.49. The molecule has 1 aromatic heterocycles. The number of rotatable bonds is 1. The average molecular weight is 340 g/mol. The van der Waals surface area contributed by atoms with Gasteiger partial charge in [-0.1, -0.05) is 46.7 Å². The van der Waals surface area contributed by atoms with E-state index in [1.165, 1.54) is 12.1 Å². The van der Waals surface area contributed by atoms with Crippen LogP contribution in [0, 0.1) is 0 Å². The Labute approximate surface area is 132 Å². The number of para-hydroxylation sites is 1. The zero-order chi connectivity index (χ0) is 15.1. The number of carbonyl (C=O) groups is 1.